The smallest absolute Gasteiger partial charge is 0.435 e. The van der Waals surface area contributed by atoms with E-state index < -0.39 is 29.7 Å². The lowest BCUT2D eigenvalue weighted by Crippen LogP contribution is -2.50. The van der Waals surface area contributed by atoms with Gasteiger partial charge in [-0.2, -0.15) is 26.3 Å². The van der Waals surface area contributed by atoms with Crippen molar-refractivity contribution in [1.29, 1.82) is 0 Å². The molecule has 0 aliphatic heterocycles. The van der Waals surface area contributed by atoms with Crippen molar-refractivity contribution in [3.8, 4) is 0 Å². The summed E-state index contributed by atoms with van der Waals surface area (Å²) < 4.78 is 88.9. The molecule has 0 aliphatic rings. The summed E-state index contributed by atoms with van der Waals surface area (Å²) in [5.41, 5.74) is -7.74. The number of carbonyl (C=O) groups is 1. The Morgan fingerprint density at radius 2 is 1.52 bits per heavy atom. The van der Waals surface area contributed by atoms with Gasteiger partial charge in [0.15, 0.2) is 0 Å². The highest BCUT2D eigenvalue weighted by Gasteiger charge is 2.73. The van der Waals surface area contributed by atoms with Gasteiger partial charge in [-0.3, -0.25) is 5.32 Å². The first kappa shape index (κ1) is 17.1. The zero-order valence-electron chi connectivity index (χ0n) is 10.2. The Labute approximate surface area is 113 Å². The molecule has 0 heterocycles. The number of aryl methyl sites for hydroxylation is 1. The fourth-order valence-electron chi connectivity index (χ4n) is 1.62. The maximum absolute atomic E-state index is 13.7. The SMILES string of the molecule is Cc1cc(C(F)(C(F)(F)F)C(F)(F)F)ccc1NC(=O)O. The van der Waals surface area contributed by atoms with Gasteiger partial charge in [-0.15, -0.1) is 0 Å². The second kappa shape index (κ2) is 5.08. The second-order valence-corrected chi connectivity index (χ2v) is 4.11. The number of amides is 1. The fraction of sp³-hybridized carbons (Fsp3) is 0.364. The summed E-state index contributed by atoms with van der Waals surface area (Å²) in [5, 5.41) is 10.2. The van der Waals surface area contributed by atoms with Gasteiger partial charge < -0.3 is 5.11 Å². The molecule has 2 N–H and O–H groups in total. The zero-order valence-corrected chi connectivity index (χ0v) is 10.2. The molecule has 21 heavy (non-hydrogen) atoms. The van der Waals surface area contributed by atoms with Crippen LogP contribution in [-0.2, 0) is 5.67 Å². The highest BCUT2D eigenvalue weighted by molar-refractivity contribution is 5.84. The van der Waals surface area contributed by atoms with Crippen LogP contribution in [0.1, 0.15) is 11.1 Å². The van der Waals surface area contributed by atoms with Crippen LogP contribution in [0.3, 0.4) is 0 Å². The lowest BCUT2D eigenvalue weighted by molar-refractivity contribution is -0.348. The third-order valence-electron chi connectivity index (χ3n) is 2.65. The summed E-state index contributed by atoms with van der Waals surface area (Å²) in [6.45, 7) is 1.04. The Morgan fingerprint density at radius 3 is 1.86 bits per heavy atom. The van der Waals surface area contributed by atoms with Crippen LogP contribution in [0.15, 0.2) is 18.2 Å². The lowest BCUT2D eigenvalue weighted by Gasteiger charge is -2.30. The minimum atomic E-state index is -6.21. The van der Waals surface area contributed by atoms with Crippen LogP contribution < -0.4 is 5.32 Å². The van der Waals surface area contributed by atoms with E-state index in [0.717, 1.165) is 6.92 Å². The van der Waals surface area contributed by atoms with Gasteiger partial charge in [0.25, 0.3) is 0 Å². The monoisotopic (exact) mass is 319 g/mol. The van der Waals surface area contributed by atoms with Crippen LogP contribution in [-0.4, -0.2) is 23.6 Å². The number of hydrogen-bond acceptors (Lipinski definition) is 1. The molecule has 0 aromatic heterocycles. The molecule has 3 nitrogen and oxygen atoms in total. The molecule has 0 saturated heterocycles. The summed E-state index contributed by atoms with van der Waals surface area (Å²) in [7, 11) is 0. The number of anilines is 1. The summed E-state index contributed by atoms with van der Waals surface area (Å²) in [6, 6.07) is 1.16. The molecule has 118 valence electrons. The molecular formula is C11H8F7NO2. The second-order valence-electron chi connectivity index (χ2n) is 4.11. The minimum absolute atomic E-state index is 0.235. The van der Waals surface area contributed by atoms with E-state index in [9.17, 15) is 35.5 Å². The van der Waals surface area contributed by atoms with E-state index in [1.165, 1.54) is 0 Å². The predicted octanol–water partition coefficient (Wildman–Crippen LogP) is 4.37. The molecule has 0 aliphatic carbocycles. The number of halogens is 7. The van der Waals surface area contributed by atoms with Crippen LogP contribution in [0.4, 0.5) is 41.2 Å². The number of carboxylic acid groups (broad SMARTS) is 1. The highest BCUT2D eigenvalue weighted by atomic mass is 19.4. The van der Waals surface area contributed by atoms with Gasteiger partial charge in [0.1, 0.15) is 0 Å². The fourth-order valence-corrected chi connectivity index (χ4v) is 1.62. The third kappa shape index (κ3) is 3.03. The van der Waals surface area contributed by atoms with E-state index >= 15 is 0 Å². The molecule has 0 saturated carbocycles. The number of hydrogen-bond donors (Lipinski definition) is 2. The van der Waals surface area contributed by atoms with Gasteiger partial charge in [0, 0.05) is 11.3 Å². The molecule has 1 aromatic carbocycles. The third-order valence-corrected chi connectivity index (χ3v) is 2.65. The van der Waals surface area contributed by atoms with E-state index in [1.54, 1.807) is 5.32 Å². The van der Waals surface area contributed by atoms with Crippen LogP contribution >= 0.6 is 0 Å². The van der Waals surface area contributed by atoms with E-state index in [4.69, 9.17) is 5.11 Å². The molecule has 0 atom stereocenters. The lowest BCUT2D eigenvalue weighted by atomic mass is 9.92. The first-order chi connectivity index (χ1) is 9.30. The number of rotatable bonds is 2. The Morgan fingerprint density at radius 1 is 1.05 bits per heavy atom. The highest BCUT2D eigenvalue weighted by Crippen LogP contribution is 2.53. The quantitative estimate of drug-likeness (QED) is 0.795. The molecular weight excluding hydrogens is 311 g/mol. The maximum atomic E-state index is 13.7. The molecule has 0 radical (unpaired) electrons. The van der Waals surface area contributed by atoms with Crippen LogP contribution in [0.2, 0.25) is 0 Å². The Balaban J connectivity index is 3.42. The first-order valence-electron chi connectivity index (χ1n) is 5.24. The first-order valence-corrected chi connectivity index (χ1v) is 5.24. The molecule has 0 fully saturated rings. The van der Waals surface area contributed by atoms with Crippen molar-refractivity contribution in [3.05, 3.63) is 29.3 Å². The Bertz CT molecular complexity index is 536. The van der Waals surface area contributed by atoms with Crippen molar-refractivity contribution in [2.24, 2.45) is 0 Å². The van der Waals surface area contributed by atoms with Gasteiger partial charge in [-0.05, 0) is 18.6 Å². The average Bonchev–Trinajstić information content (AvgIpc) is 2.27. The van der Waals surface area contributed by atoms with E-state index in [0.29, 0.717) is 12.1 Å². The van der Waals surface area contributed by atoms with E-state index in [1.807, 2.05) is 0 Å². The summed E-state index contributed by atoms with van der Waals surface area (Å²) in [6.07, 6.45) is -14.0. The van der Waals surface area contributed by atoms with Crippen molar-refractivity contribution in [2.45, 2.75) is 24.9 Å². The molecule has 1 amide bonds. The van der Waals surface area contributed by atoms with Gasteiger partial charge in [0.2, 0.25) is 0 Å². The van der Waals surface area contributed by atoms with Crippen molar-refractivity contribution in [2.75, 3.05) is 5.32 Å². The van der Waals surface area contributed by atoms with Crippen LogP contribution in [0.5, 0.6) is 0 Å². The predicted molar refractivity (Wildman–Crippen MR) is 57.7 cm³/mol. The van der Waals surface area contributed by atoms with Crippen LogP contribution in [0.25, 0.3) is 0 Å². The molecule has 1 rings (SSSR count). The van der Waals surface area contributed by atoms with Crippen molar-refractivity contribution >= 4 is 11.8 Å². The van der Waals surface area contributed by atoms with Gasteiger partial charge in [0.05, 0.1) is 0 Å². The molecule has 0 unspecified atom stereocenters. The van der Waals surface area contributed by atoms with Crippen molar-refractivity contribution < 1.29 is 40.6 Å². The van der Waals surface area contributed by atoms with Gasteiger partial charge in [-0.25, -0.2) is 9.18 Å². The standard InChI is InChI=1S/C11H8F7NO2/c1-5-4-6(2-3-7(5)19-8(20)21)9(12,10(13,14)15)11(16,17)18/h2-4,19H,1H3,(H,20,21). The van der Waals surface area contributed by atoms with Gasteiger partial charge in [-0.1, -0.05) is 12.1 Å². The average molecular weight is 319 g/mol. The van der Waals surface area contributed by atoms with Gasteiger partial charge >= 0.3 is 24.1 Å². The molecule has 0 bridgehead atoms. The number of benzene rings is 1. The summed E-state index contributed by atoms with van der Waals surface area (Å²) >= 11 is 0. The number of nitrogens with one attached hydrogen (secondary N) is 1. The summed E-state index contributed by atoms with van der Waals surface area (Å²) in [4.78, 5) is 10.4. The normalized spacial score (nSPS) is 13.1. The van der Waals surface area contributed by atoms with Crippen molar-refractivity contribution in [3.63, 3.8) is 0 Å². The number of alkyl halides is 7. The van der Waals surface area contributed by atoms with Crippen LogP contribution in [0, 0.1) is 6.92 Å². The topological polar surface area (TPSA) is 49.3 Å². The summed E-state index contributed by atoms with van der Waals surface area (Å²) in [5.74, 6) is 0. The molecule has 1 aromatic rings. The van der Waals surface area contributed by atoms with E-state index in [2.05, 4.69) is 0 Å². The maximum Gasteiger partial charge on any atom is 0.435 e. The minimum Gasteiger partial charge on any atom is -0.465 e. The zero-order chi connectivity index (χ0) is 16.6. The largest absolute Gasteiger partial charge is 0.465 e. The van der Waals surface area contributed by atoms with Crippen molar-refractivity contribution in [1.82, 2.24) is 0 Å². The molecule has 0 spiro atoms. The Hall–Kier alpha value is -2.00. The Kier molecular flexibility index (Phi) is 4.13. The van der Waals surface area contributed by atoms with E-state index in [-0.39, 0.29) is 17.3 Å². The molecule has 10 heteroatoms.